The van der Waals surface area contributed by atoms with Gasteiger partial charge in [-0.2, -0.15) is 0 Å². The van der Waals surface area contributed by atoms with Gasteiger partial charge in [-0.3, -0.25) is 4.79 Å². The van der Waals surface area contributed by atoms with Crippen molar-refractivity contribution in [3.8, 4) is 0 Å². The lowest BCUT2D eigenvalue weighted by atomic mass is 10.0. The van der Waals surface area contributed by atoms with E-state index < -0.39 is 0 Å². The number of aromatic nitrogens is 2. The summed E-state index contributed by atoms with van der Waals surface area (Å²) >= 11 is 1.16. The minimum atomic E-state index is -0.0478. The van der Waals surface area contributed by atoms with E-state index in [1.807, 2.05) is 13.8 Å². The Morgan fingerprint density at radius 3 is 3.00 bits per heavy atom. The van der Waals surface area contributed by atoms with Crippen molar-refractivity contribution < 1.29 is 9.90 Å². The van der Waals surface area contributed by atoms with Gasteiger partial charge in [0.2, 0.25) is 0 Å². The molecule has 18 heavy (non-hydrogen) atoms. The van der Waals surface area contributed by atoms with Crippen LogP contribution >= 0.6 is 11.5 Å². The molecule has 1 fully saturated rings. The first kappa shape index (κ1) is 13.4. The van der Waals surface area contributed by atoms with E-state index in [0.29, 0.717) is 4.88 Å². The highest BCUT2D eigenvalue weighted by Gasteiger charge is 2.30. The van der Waals surface area contributed by atoms with Crippen LogP contribution < -0.4 is 0 Å². The number of likely N-dealkylation sites (tertiary alicyclic amines) is 1. The number of hydrogen-bond acceptors (Lipinski definition) is 5. The van der Waals surface area contributed by atoms with Crippen LogP contribution in [0.1, 0.15) is 54.4 Å². The zero-order valence-corrected chi connectivity index (χ0v) is 11.6. The Morgan fingerprint density at radius 1 is 1.56 bits per heavy atom. The van der Waals surface area contributed by atoms with Crippen molar-refractivity contribution in [3.05, 3.63) is 10.6 Å². The van der Waals surface area contributed by atoms with Crippen LogP contribution in [0.3, 0.4) is 0 Å². The summed E-state index contributed by atoms with van der Waals surface area (Å²) in [7, 11) is 0. The second-order valence-electron chi connectivity index (χ2n) is 4.97. The predicted octanol–water partition coefficient (Wildman–Crippen LogP) is 1.65. The fourth-order valence-corrected chi connectivity index (χ4v) is 3.09. The van der Waals surface area contributed by atoms with E-state index >= 15 is 0 Å². The molecule has 0 saturated carbocycles. The van der Waals surface area contributed by atoms with Gasteiger partial charge in [-0.15, -0.1) is 5.10 Å². The summed E-state index contributed by atoms with van der Waals surface area (Å²) in [5, 5.41) is 13.4. The third-order valence-electron chi connectivity index (χ3n) is 3.35. The molecule has 2 heterocycles. The average Bonchev–Trinajstić information content (AvgIpc) is 2.87. The number of rotatable bonds is 3. The van der Waals surface area contributed by atoms with E-state index in [1.165, 1.54) is 0 Å². The van der Waals surface area contributed by atoms with Crippen LogP contribution in [0, 0.1) is 0 Å². The summed E-state index contributed by atoms with van der Waals surface area (Å²) < 4.78 is 3.89. The summed E-state index contributed by atoms with van der Waals surface area (Å²) in [5.41, 5.74) is 0.771. The highest BCUT2D eigenvalue weighted by Crippen LogP contribution is 2.25. The summed E-state index contributed by atoms with van der Waals surface area (Å²) in [5.74, 6) is 0.174. The molecule has 0 radical (unpaired) electrons. The fraction of sp³-hybridized carbons (Fsp3) is 0.750. The molecule has 6 heteroatoms. The van der Waals surface area contributed by atoms with Crippen molar-refractivity contribution in [2.75, 3.05) is 13.2 Å². The molecule has 0 bridgehead atoms. The van der Waals surface area contributed by atoms with Crippen molar-refractivity contribution in [2.24, 2.45) is 0 Å². The molecule has 100 valence electrons. The highest BCUT2D eigenvalue weighted by molar-refractivity contribution is 7.08. The summed E-state index contributed by atoms with van der Waals surface area (Å²) in [6.45, 7) is 4.77. The number of carbonyl (C=O) groups is 1. The lowest BCUT2D eigenvalue weighted by Gasteiger charge is -2.34. The molecule has 1 aromatic heterocycles. The number of aliphatic hydroxyl groups excluding tert-OH is 1. The molecule has 5 nitrogen and oxygen atoms in total. The van der Waals surface area contributed by atoms with Crippen molar-refractivity contribution in [2.45, 2.75) is 45.1 Å². The van der Waals surface area contributed by atoms with Crippen LogP contribution in [0.4, 0.5) is 0 Å². The van der Waals surface area contributed by atoms with Gasteiger partial charge >= 0.3 is 0 Å². The average molecular weight is 269 g/mol. The Kier molecular flexibility index (Phi) is 4.29. The van der Waals surface area contributed by atoms with Gasteiger partial charge in [-0.05, 0) is 36.7 Å². The predicted molar refractivity (Wildman–Crippen MR) is 69.8 cm³/mol. The zero-order chi connectivity index (χ0) is 13.1. The molecule has 1 aromatic rings. The molecule has 2 rings (SSSR count). The van der Waals surface area contributed by atoms with E-state index in [9.17, 15) is 9.90 Å². The van der Waals surface area contributed by atoms with Gasteiger partial charge in [-0.1, -0.05) is 18.3 Å². The maximum atomic E-state index is 12.5. The van der Waals surface area contributed by atoms with E-state index in [0.717, 1.165) is 43.0 Å². The Hall–Kier alpha value is -1.01. The molecular formula is C12H19N3O2S. The molecule has 1 N–H and O–H groups in total. The topological polar surface area (TPSA) is 66.3 Å². The van der Waals surface area contributed by atoms with Gasteiger partial charge in [-0.25, -0.2) is 0 Å². The van der Waals surface area contributed by atoms with E-state index in [1.54, 1.807) is 4.90 Å². The maximum Gasteiger partial charge on any atom is 0.267 e. The monoisotopic (exact) mass is 269 g/mol. The summed E-state index contributed by atoms with van der Waals surface area (Å²) in [6.07, 6.45) is 2.96. The number of aliphatic hydroxyl groups is 1. The van der Waals surface area contributed by atoms with Crippen LogP contribution in [-0.4, -0.2) is 44.7 Å². The van der Waals surface area contributed by atoms with Crippen LogP contribution in [0.25, 0.3) is 0 Å². The van der Waals surface area contributed by atoms with Gasteiger partial charge in [0.1, 0.15) is 4.88 Å². The van der Waals surface area contributed by atoms with Gasteiger partial charge < -0.3 is 10.0 Å². The highest BCUT2D eigenvalue weighted by atomic mass is 32.1. The molecule has 1 amide bonds. The lowest BCUT2D eigenvalue weighted by molar-refractivity contribution is 0.0506. The number of amides is 1. The number of nitrogens with zero attached hydrogens (tertiary/aromatic N) is 3. The van der Waals surface area contributed by atoms with Crippen LogP contribution in [0.15, 0.2) is 0 Å². The van der Waals surface area contributed by atoms with E-state index in [4.69, 9.17) is 0 Å². The standard InChI is InChI=1S/C12H19N3O2S/c1-8(2)10-11(18-14-13-10)12(17)15-6-4-3-5-9(15)7-16/h8-9,16H,3-7H2,1-2H3. The Labute approximate surface area is 111 Å². The van der Waals surface area contributed by atoms with Gasteiger partial charge in [0.15, 0.2) is 0 Å². The minimum Gasteiger partial charge on any atom is -0.394 e. The fourth-order valence-electron chi connectivity index (χ4n) is 2.31. The van der Waals surface area contributed by atoms with Crippen molar-refractivity contribution in [1.29, 1.82) is 0 Å². The molecule has 0 aliphatic carbocycles. The summed E-state index contributed by atoms with van der Waals surface area (Å²) in [6, 6.07) is -0.0478. The Bertz CT molecular complexity index is 419. The molecular weight excluding hydrogens is 250 g/mol. The van der Waals surface area contributed by atoms with Gasteiger partial charge in [0, 0.05) is 6.54 Å². The maximum absolute atomic E-state index is 12.5. The van der Waals surface area contributed by atoms with Crippen LogP contribution in [0.5, 0.6) is 0 Å². The first-order valence-electron chi connectivity index (χ1n) is 6.39. The van der Waals surface area contributed by atoms with E-state index in [-0.39, 0.29) is 24.5 Å². The first-order valence-corrected chi connectivity index (χ1v) is 7.16. The Balaban J connectivity index is 2.21. The normalized spacial score (nSPS) is 20.4. The summed E-state index contributed by atoms with van der Waals surface area (Å²) in [4.78, 5) is 14.9. The number of carbonyl (C=O) groups excluding carboxylic acids is 1. The van der Waals surface area contributed by atoms with Crippen molar-refractivity contribution >= 4 is 17.4 Å². The molecule has 1 unspecified atom stereocenters. The third kappa shape index (κ3) is 2.54. The second-order valence-corrected chi connectivity index (χ2v) is 5.73. The minimum absolute atomic E-state index is 0.0209. The second kappa shape index (κ2) is 5.75. The van der Waals surface area contributed by atoms with Gasteiger partial charge in [0.25, 0.3) is 5.91 Å². The zero-order valence-electron chi connectivity index (χ0n) is 10.8. The van der Waals surface area contributed by atoms with Crippen LogP contribution in [-0.2, 0) is 0 Å². The van der Waals surface area contributed by atoms with E-state index in [2.05, 4.69) is 9.59 Å². The Morgan fingerprint density at radius 2 is 2.33 bits per heavy atom. The quantitative estimate of drug-likeness (QED) is 0.906. The molecule has 1 aliphatic heterocycles. The molecule has 1 saturated heterocycles. The van der Waals surface area contributed by atoms with Crippen molar-refractivity contribution in [3.63, 3.8) is 0 Å². The SMILES string of the molecule is CC(C)c1nnsc1C(=O)N1CCCCC1CO. The number of hydrogen-bond donors (Lipinski definition) is 1. The molecule has 1 aliphatic rings. The smallest absolute Gasteiger partial charge is 0.267 e. The van der Waals surface area contributed by atoms with Crippen molar-refractivity contribution in [1.82, 2.24) is 14.5 Å². The molecule has 1 atom stereocenters. The number of piperidine rings is 1. The molecule has 0 spiro atoms. The largest absolute Gasteiger partial charge is 0.394 e. The lowest BCUT2D eigenvalue weighted by Crippen LogP contribution is -2.45. The molecule has 0 aromatic carbocycles. The first-order chi connectivity index (χ1) is 8.65. The third-order valence-corrected chi connectivity index (χ3v) is 4.08. The van der Waals surface area contributed by atoms with Gasteiger partial charge in [0.05, 0.1) is 18.3 Å². The van der Waals surface area contributed by atoms with Crippen LogP contribution in [0.2, 0.25) is 0 Å².